The van der Waals surface area contributed by atoms with Crippen LogP contribution in [-0.2, 0) is 0 Å². The van der Waals surface area contributed by atoms with Crippen molar-refractivity contribution in [2.24, 2.45) is 0 Å². The minimum atomic E-state index is 0.360. The summed E-state index contributed by atoms with van der Waals surface area (Å²) in [6.07, 6.45) is 7.79. The predicted molar refractivity (Wildman–Crippen MR) is 54.7 cm³/mol. The molecular weight excluding hydrogens is 184 g/mol. The van der Waals surface area contributed by atoms with Gasteiger partial charge in [0.2, 0.25) is 11.1 Å². The molecule has 1 unspecified atom stereocenters. The van der Waals surface area contributed by atoms with Crippen molar-refractivity contribution < 1.29 is 0 Å². The van der Waals surface area contributed by atoms with Gasteiger partial charge in [0.05, 0.1) is 0 Å². The van der Waals surface area contributed by atoms with Crippen LogP contribution in [-0.4, -0.2) is 15.4 Å². The van der Waals surface area contributed by atoms with E-state index < -0.39 is 0 Å². The molecule has 1 heterocycles. The third-order valence-corrected chi connectivity index (χ3v) is 2.70. The summed E-state index contributed by atoms with van der Waals surface area (Å²) in [7, 11) is 0. The highest BCUT2D eigenvalue weighted by molar-refractivity contribution is 7.09. The summed E-state index contributed by atoms with van der Waals surface area (Å²) in [4.78, 5) is 4.05. The molecule has 0 amide bonds. The van der Waals surface area contributed by atoms with Gasteiger partial charge in [0.15, 0.2) is 0 Å². The van der Waals surface area contributed by atoms with E-state index in [1.54, 1.807) is 0 Å². The standard InChI is InChI=1S/C8H12N4S/c9-7-11-8(13-12-7)10-6-4-2-1-3-5-6/h1-2,6H,3-5H2,(H3,9,10,11,12). The normalized spacial score (nSPS) is 21.7. The minimum Gasteiger partial charge on any atom is -0.367 e. The second-order valence-corrected chi connectivity index (χ2v) is 3.84. The monoisotopic (exact) mass is 196 g/mol. The molecule has 0 fully saturated rings. The van der Waals surface area contributed by atoms with Gasteiger partial charge >= 0.3 is 0 Å². The second kappa shape index (κ2) is 3.74. The molecule has 0 spiro atoms. The van der Waals surface area contributed by atoms with Crippen molar-refractivity contribution in [1.82, 2.24) is 9.36 Å². The van der Waals surface area contributed by atoms with Crippen molar-refractivity contribution in [3.8, 4) is 0 Å². The molecule has 2 rings (SSSR count). The first-order valence-electron chi connectivity index (χ1n) is 4.35. The summed E-state index contributed by atoms with van der Waals surface area (Å²) >= 11 is 1.32. The van der Waals surface area contributed by atoms with Gasteiger partial charge in [-0.2, -0.15) is 9.36 Å². The Morgan fingerprint density at radius 1 is 1.54 bits per heavy atom. The number of aromatic nitrogens is 2. The number of anilines is 2. The molecule has 1 aromatic heterocycles. The Morgan fingerprint density at radius 3 is 3.08 bits per heavy atom. The van der Waals surface area contributed by atoms with E-state index >= 15 is 0 Å². The molecule has 70 valence electrons. The highest BCUT2D eigenvalue weighted by Crippen LogP contribution is 2.18. The largest absolute Gasteiger partial charge is 0.367 e. The smallest absolute Gasteiger partial charge is 0.233 e. The lowest BCUT2D eigenvalue weighted by Gasteiger charge is -2.17. The van der Waals surface area contributed by atoms with Crippen molar-refractivity contribution in [1.29, 1.82) is 0 Å². The van der Waals surface area contributed by atoms with Crippen LogP contribution < -0.4 is 11.1 Å². The van der Waals surface area contributed by atoms with Crippen molar-refractivity contribution in [3.05, 3.63) is 12.2 Å². The molecule has 1 aromatic rings. The second-order valence-electron chi connectivity index (χ2n) is 3.08. The molecule has 1 aliphatic rings. The lowest BCUT2D eigenvalue weighted by Crippen LogP contribution is -2.19. The zero-order chi connectivity index (χ0) is 9.10. The van der Waals surface area contributed by atoms with Gasteiger partial charge < -0.3 is 11.1 Å². The number of allylic oxidation sites excluding steroid dienone is 1. The van der Waals surface area contributed by atoms with Crippen molar-refractivity contribution >= 4 is 22.6 Å². The van der Waals surface area contributed by atoms with Gasteiger partial charge in [0, 0.05) is 17.6 Å². The van der Waals surface area contributed by atoms with E-state index in [1.807, 2.05) is 0 Å². The van der Waals surface area contributed by atoms with Crippen LogP contribution in [0, 0.1) is 0 Å². The average molecular weight is 196 g/mol. The fourth-order valence-corrected chi connectivity index (χ4v) is 1.97. The highest BCUT2D eigenvalue weighted by atomic mass is 32.1. The van der Waals surface area contributed by atoms with Gasteiger partial charge in [-0.1, -0.05) is 12.2 Å². The summed E-state index contributed by atoms with van der Waals surface area (Å²) in [6, 6.07) is 0.498. The van der Waals surface area contributed by atoms with E-state index in [0.29, 0.717) is 12.0 Å². The minimum absolute atomic E-state index is 0.360. The Bertz CT molecular complexity index is 307. The number of nitrogens with zero attached hydrogens (tertiary/aromatic N) is 2. The average Bonchev–Trinajstić information content (AvgIpc) is 2.53. The van der Waals surface area contributed by atoms with Gasteiger partial charge in [-0.25, -0.2) is 0 Å². The molecule has 3 N–H and O–H groups in total. The summed E-state index contributed by atoms with van der Waals surface area (Å²) in [5.41, 5.74) is 5.42. The Balaban J connectivity index is 1.94. The van der Waals surface area contributed by atoms with E-state index in [4.69, 9.17) is 5.73 Å². The van der Waals surface area contributed by atoms with Crippen LogP contribution in [0.5, 0.6) is 0 Å². The molecule has 1 atom stereocenters. The van der Waals surface area contributed by atoms with Crippen LogP contribution in [0.1, 0.15) is 19.3 Å². The number of nitrogens with two attached hydrogens (primary N) is 1. The molecule has 1 aliphatic carbocycles. The van der Waals surface area contributed by atoms with E-state index in [0.717, 1.165) is 24.4 Å². The zero-order valence-corrected chi connectivity index (χ0v) is 8.05. The maximum atomic E-state index is 5.42. The summed E-state index contributed by atoms with van der Waals surface area (Å²) in [6.45, 7) is 0. The van der Waals surface area contributed by atoms with Gasteiger partial charge in [-0.3, -0.25) is 0 Å². The number of hydrogen-bond acceptors (Lipinski definition) is 5. The molecule has 13 heavy (non-hydrogen) atoms. The number of rotatable bonds is 2. The van der Waals surface area contributed by atoms with Crippen molar-refractivity contribution in [2.45, 2.75) is 25.3 Å². The molecule has 4 nitrogen and oxygen atoms in total. The SMILES string of the molecule is Nc1nsc(NC2CC=CCC2)n1. The first-order chi connectivity index (χ1) is 6.34. The first-order valence-corrected chi connectivity index (χ1v) is 5.12. The first kappa shape index (κ1) is 8.50. The van der Waals surface area contributed by atoms with Crippen LogP contribution in [0.15, 0.2) is 12.2 Å². The molecule has 0 bridgehead atoms. The van der Waals surface area contributed by atoms with Gasteiger partial charge in [-0.15, -0.1) is 0 Å². The Hall–Kier alpha value is -1.10. The van der Waals surface area contributed by atoms with Gasteiger partial charge in [-0.05, 0) is 19.3 Å². The summed E-state index contributed by atoms with van der Waals surface area (Å²) < 4.78 is 3.91. The quantitative estimate of drug-likeness (QED) is 0.706. The topological polar surface area (TPSA) is 63.8 Å². The fraction of sp³-hybridized carbons (Fsp3) is 0.500. The fourth-order valence-electron chi connectivity index (χ4n) is 1.39. The van der Waals surface area contributed by atoms with Crippen molar-refractivity contribution in [3.63, 3.8) is 0 Å². The van der Waals surface area contributed by atoms with Crippen LogP contribution in [0.25, 0.3) is 0 Å². The van der Waals surface area contributed by atoms with E-state index in [9.17, 15) is 0 Å². The molecule has 0 aliphatic heterocycles. The molecule has 0 aromatic carbocycles. The Morgan fingerprint density at radius 2 is 2.46 bits per heavy atom. The van der Waals surface area contributed by atoms with E-state index in [2.05, 4.69) is 26.8 Å². The van der Waals surface area contributed by atoms with Crippen LogP contribution >= 0.6 is 11.5 Å². The van der Waals surface area contributed by atoms with Crippen LogP contribution in [0.3, 0.4) is 0 Å². The maximum Gasteiger partial charge on any atom is 0.233 e. The maximum absolute atomic E-state index is 5.42. The number of hydrogen-bond donors (Lipinski definition) is 2. The Kier molecular flexibility index (Phi) is 2.44. The molecule has 0 radical (unpaired) electrons. The molecular formula is C8H12N4S. The molecule has 0 saturated heterocycles. The lowest BCUT2D eigenvalue weighted by molar-refractivity contribution is 0.644. The third-order valence-electron chi connectivity index (χ3n) is 2.04. The van der Waals surface area contributed by atoms with Crippen molar-refractivity contribution in [2.75, 3.05) is 11.1 Å². The summed E-state index contributed by atoms with van der Waals surface area (Å²) in [5.74, 6) is 0.360. The number of nitrogens with one attached hydrogen (secondary N) is 1. The highest BCUT2D eigenvalue weighted by Gasteiger charge is 2.11. The molecule has 5 heteroatoms. The number of nitrogen functional groups attached to an aromatic ring is 1. The van der Waals surface area contributed by atoms with E-state index in [1.165, 1.54) is 11.5 Å². The van der Waals surface area contributed by atoms with E-state index in [-0.39, 0.29) is 0 Å². The van der Waals surface area contributed by atoms with Gasteiger partial charge in [0.1, 0.15) is 0 Å². The van der Waals surface area contributed by atoms with Gasteiger partial charge in [0.25, 0.3) is 0 Å². The summed E-state index contributed by atoms with van der Waals surface area (Å²) in [5, 5.41) is 4.15. The zero-order valence-electron chi connectivity index (χ0n) is 7.23. The van der Waals surface area contributed by atoms with Crippen LogP contribution in [0.2, 0.25) is 0 Å². The van der Waals surface area contributed by atoms with Crippen LogP contribution in [0.4, 0.5) is 11.1 Å². The predicted octanol–water partition coefficient (Wildman–Crippen LogP) is 1.64. The Labute approximate surface area is 81.0 Å². The molecule has 0 saturated carbocycles. The third kappa shape index (κ3) is 2.18. The lowest BCUT2D eigenvalue weighted by atomic mass is 10.0.